The Morgan fingerprint density at radius 3 is 2.89 bits per heavy atom. The monoisotopic (exact) mass is 143 g/mol. The van der Waals surface area contributed by atoms with E-state index in [4.69, 9.17) is 0 Å². The molecule has 0 saturated heterocycles. The van der Waals surface area contributed by atoms with Crippen molar-refractivity contribution in [1.82, 2.24) is 0 Å². The largest absolute Gasteiger partial charge is 0.286 e. The first-order chi connectivity index (χ1) is 4.27. The standard InChI is InChI=1S/C7H13NS/c1-3-7(2)4-8-6-9-5-7/h6H,3-5H2,1-2H3. The lowest BCUT2D eigenvalue weighted by molar-refractivity contribution is 0.374. The second kappa shape index (κ2) is 2.74. The smallest absolute Gasteiger partial charge is 0.0541 e. The summed E-state index contributed by atoms with van der Waals surface area (Å²) in [6.45, 7) is 5.56. The molecule has 0 aliphatic carbocycles. The fourth-order valence-corrected chi connectivity index (χ4v) is 1.76. The van der Waals surface area contributed by atoms with Crippen LogP contribution in [0.2, 0.25) is 0 Å². The minimum absolute atomic E-state index is 0.486. The van der Waals surface area contributed by atoms with Crippen molar-refractivity contribution in [1.29, 1.82) is 0 Å². The van der Waals surface area contributed by atoms with Gasteiger partial charge in [-0.1, -0.05) is 13.8 Å². The molecule has 0 amide bonds. The third kappa shape index (κ3) is 1.71. The van der Waals surface area contributed by atoms with E-state index < -0.39 is 0 Å². The van der Waals surface area contributed by atoms with Gasteiger partial charge in [-0.2, -0.15) is 0 Å². The molecule has 0 aromatic carbocycles. The molecule has 9 heavy (non-hydrogen) atoms. The van der Waals surface area contributed by atoms with Crippen molar-refractivity contribution in [3.05, 3.63) is 0 Å². The van der Waals surface area contributed by atoms with E-state index in [1.54, 1.807) is 0 Å². The molecule has 1 heterocycles. The van der Waals surface area contributed by atoms with Crippen LogP contribution in [-0.4, -0.2) is 17.8 Å². The Labute approximate surface area is 60.9 Å². The van der Waals surface area contributed by atoms with Gasteiger partial charge in [0.1, 0.15) is 0 Å². The van der Waals surface area contributed by atoms with Crippen LogP contribution in [0.25, 0.3) is 0 Å². The molecule has 1 rings (SSSR count). The Kier molecular flexibility index (Phi) is 2.17. The molecule has 0 spiro atoms. The molecular weight excluding hydrogens is 130 g/mol. The summed E-state index contributed by atoms with van der Waals surface area (Å²) < 4.78 is 0. The average molecular weight is 143 g/mol. The van der Waals surface area contributed by atoms with Crippen molar-refractivity contribution in [3.8, 4) is 0 Å². The third-order valence-corrected chi connectivity index (χ3v) is 3.07. The van der Waals surface area contributed by atoms with Crippen molar-refractivity contribution in [2.75, 3.05) is 12.3 Å². The predicted octanol–water partition coefficient (Wildman–Crippen LogP) is 2.18. The molecule has 1 atom stereocenters. The van der Waals surface area contributed by atoms with E-state index >= 15 is 0 Å². The molecule has 0 radical (unpaired) electrons. The van der Waals surface area contributed by atoms with Crippen LogP contribution in [0.15, 0.2) is 4.99 Å². The summed E-state index contributed by atoms with van der Waals surface area (Å²) in [7, 11) is 0. The zero-order valence-corrected chi connectivity index (χ0v) is 6.87. The molecule has 0 fully saturated rings. The molecule has 1 unspecified atom stereocenters. The van der Waals surface area contributed by atoms with Gasteiger partial charge in [-0.25, -0.2) is 0 Å². The van der Waals surface area contributed by atoms with E-state index in [0.717, 1.165) is 6.54 Å². The van der Waals surface area contributed by atoms with Crippen LogP contribution >= 0.6 is 11.8 Å². The molecule has 1 nitrogen and oxygen atoms in total. The molecular formula is C7H13NS. The van der Waals surface area contributed by atoms with Gasteiger partial charge in [0, 0.05) is 12.3 Å². The first-order valence-corrected chi connectivity index (χ1v) is 4.42. The number of hydrogen-bond donors (Lipinski definition) is 0. The van der Waals surface area contributed by atoms with Crippen molar-refractivity contribution in [2.24, 2.45) is 10.4 Å². The molecule has 1 aliphatic heterocycles. The van der Waals surface area contributed by atoms with Crippen LogP contribution in [-0.2, 0) is 0 Å². The van der Waals surface area contributed by atoms with E-state index in [0.29, 0.717) is 5.41 Å². The molecule has 0 aromatic rings. The zero-order valence-electron chi connectivity index (χ0n) is 6.05. The van der Waals surface area contributed by atoms with Crippen LogP contribution in [0.1, 0.15) is 20.3 Å². The number of nitrogens with zero attached hydrogens (tertiary/aromatic N) is 1. The highest BCUT2D eigenvalue weighted by molar-refractivity contribution is 8.12. The van der Waals surface area contributed by atoms with Crippen molar-refractivity contribution in [3.63, 3.8) is 0 Å². The topological polar surface area (TPSA) is 12.4 Å². The highest BCUT2D eigenvalue weighted by atomic mass is 32.2. The summed E-state index contributed by atoms with van der Waals surface area (Å²) in [5.41, 5.74) is 2.46. The van der Waals surface area contributed by atoms with Gasteiger partial charge in [0.05, 0.1) is 5.55 Å². The molecule has 0 N–H and O–H groups in total. The molecule has 0 saturated carbocycles. The van der Waals surface area contributed by atoms with E-state index in [9.17, 15) is 0 Å². The van der Waals surface area contributed by atoms with Gasteiger partial charge in [-0.3, -0.25) is 4.99 Å². The average Bonchev–Trinajstić information content (AvgIpc) is 1.90. The predicted molar refractivity (Wildman–Crippen MR) is 44.2 cm³/mol. The summed E-state index contributed by atoms with van der Waals surface area (Å²) in [6.07, 6.45) is 1.25. The van der Waals surface area contributed by atoms with Crippen LogP contribution in [0.4, 0.5) is 0 Å². The van der Waals surface area contributed by atoms with E-state index in [1.807, 2.05) is 17.3 Å². The van der Waals surface area contributed by atoms with Crippen LogP contribution in [0.3, 0.4) is 0 Å². The van der Waals surface area contributed by atoms with Crippen molar-refractivity contribution in [2.45, 2.75) is 20.3 Å². The van der Waals surface area contributed by atoms with Crippen molar-refractivity contribution < 1.29 is 0 Å². The molecule has 52 valence electrons. The minimum atomic E-state index is 0.486. The number of thioether (sulfide) groups is 1. The Balaban J connectivity index is 2.50. The van der Waals surface area contributed by atoms with Gasteiger partial charge in [-0.05, 0) is 11.8 Å². The highest BCUT2D eigenvalue weighted by Gasteiger charge is 2.22. The summed E-state index contributed by atoms with van der Waals surface area (Å²) >= 11 is 1.83. The number of hydrogen-bond acceptors (Lipinski definition) is 2. The van der Waals surface area contributed by atoms with Gasteiger partial charge in [0.2, 0.25) is 0 Å². The second-order valence-corrected chi connectivity index (χ2v) is 3.75. The Morgan fingerprint density at radius 1 is 1.78 bits per heavy atom. The second-order valence-electron chi connectivity index (χ2n) is 2.92. The van der Waals surface area contributed by atoms with Gasteiger partial charge in [0.15, 0.2) is 0 Å². The lowest BCUT2D eigenvalue weighted by Crippen LogP contribution is -2.24. The zero-order chi connectivity index (χ0) is 6.74. The summed E-state index contributed by atoms with van der Waals surface area (Å²) in [6, 6.07) is 0. The Bertz CT molecular complexity index is 122. The fraction of sp³-hybridized carbons (Fsp3) is 0.857. The van der Waals surface area contributed by atoms with Gasteiger partial charge in [-0.15, -0.1) is 11.8 Å². The van der Waals surface area contributed by atoms with Crippen LogP contribution in [0, 0.1) is 5.41 Å². The SMILES string of the molecule is CCC1(C)CN=CSC1. The summed E-state index contributed by atoms with van der Waals surface area (Å²) in [5.74, 6) is 1.24. The van der Waals surface area contributed by atoms with Gasteiger partial charge < -0.3 is 0 Å². The third-order valence-electron chi connectivity index (χ3n) is 1.91. The van der Waals surface area contributed by atoms with E-state index in [2.05, 4.69) is 18.8 Å². The molecule has 0 bridgehead atoms. The molecule has 1 aliphatic rings. The molecule has 0 aromatic heterocycles. The van der Waals surface area contributed by atoms with E-state index in [-0.39, 0.29) is 0 Å². The Hall–Kier alpha value is 0.0200. The lowest BCUT2D eigenvalue weighted by Gasteiger charge is -2.27. The quantitative estimate of drug-likeness (QED) is 0.548. The number of rotatable bonds is 1. The maximum atomic E-state index is 4.24. The maximum absolute atomic E-state index is 4.24. The van der Waals surface area contributed by atoms with Crippen LogP contribution in [0.5, 0.6) is 0 Å². The summed E-state index contributed by atoms with van der Waals surface area (Å²) in [4.78, 5) is 4.24. The van der Waals surface area contributed by atoms with Gasteiger partial charge in [0.25, 0.3) is 0 Å². The minimum Gasteiger partial charge on any atom is -0.286 e. The highest BCUT2D eigenvalue weighted by Crippen LogP contribution is 2.28. The van der Waals surface area contributed by atoms with Gasteiger partial charge >= 0.3 is 0 Å². The normalized spacial score (nSPS) is 34.9. The molecule has 2 heteroatoms. The number of aliphatic imine (C=N–C) groups is 1. The van der Waals surface area contributed by atoms with Crippen molar-refractivity contribution >= 4 is 17.3 Å². The summed E-state index contributed by atoms with van der Waals surface area (Å²) in [5, 5.41) is 0. The first kappa shape index (κ1) is 7.13. The Morgan fingerprint density at radius 2 is 2.56 bits per heavy atom. The van der Waals surface area contributed by atoms with E-state index in [1.165, 1.54) is 12.2 Å². The fourth-order valence-electron chi connectivity index (χ4n) is 0.808. The lowest BCUT2D eigenvalue weighted by atomic mass is 9.90. The van der Waals surface area contributed by atoms with Crippen LogP contribution < -0.4 is 0 Å². The maximum Gasteiger partial charge on any atom is 0.0541 e. The first-order valence-electron chi connectivity index (χ1n) is 3.37.